The van der Waals surface area contributed by atoms with Gasteiger partial charge in [-0.05, 0) is 49.9 Å². The van der Waals surface area contributed by atoms with E-state index in [1.54, 1.807) is 0 Å². The summed E-state index contributed by atoms with van der Waals surface area (Å²) in [5, 5.41) is 6.75. The predicted molar refractivity (Wildman–Crippen MR) is 107 cm³/mol. The van der Waals surface area contributed by atoms with Gasteiger partial charge in [-0.25, -0.2) is 0 Å². The third-order valence-electron chi connectivity index (χ3n) is 6.46. The molecule has 3 aliphatic heterocycles. The van der Waals surface area contributed by atoms with E-state index >= 15 is 0 Å². The molecule has 4 fully saturated rings. The van der Waals surface area contributed by atoms with E-state index in [0.717, 1.165) is 58.1 Å². The van der Waals surface area contributed by atoms with Gasteiger partial charge in [0.2, 0.25) is 5.91 Å². The van der Waals surface area contributed by atoms with Crippen molar-refractivity contribution >= 4 is 42.5 Å². The smallest absolute Gasteiger partial charge is 0.223 e. The molecule has 1 saturated carbocycles. The largest absolute Gasteiger partial charge is 0.379 e. The summed E-state index contributed by atoms with van der Waals surface area (Å²) in [6.45, 7) is 6.67. The fraction of sp³-hybridized carbons (Fsp3) is 0.941. The van der Waals surface area contributed by atoms with Gasteiger partial charge in [0, 0.05) is 36.8 Å². The van der Waals surface area contributed by atoms with Gasteiger partial charge >= 0.3 is 0 Å². The molecule has 25 heavy (non-hydrogen) atoms. The van der Waals surface area contributed by atoms with Crippen molar-refractivity contribution in [3.8, 4) is 0 Å². The summed E-state index contributed by atoms with van der Waals surface area (Å²) in [6, 6.07) is 0. The van der Waals surface area contributed by atoms with Crippen molar-refractivity contribution in [3.63, 3.8) is 0 Å². The Balaban J connectivity index is 0.00000113. The Labute approximate surface area is 167 Å². The lowest BCUT2D eigenvalue weighted by Gasteiger charge is -2.43. The lowest BCUT2D eigenvalue weighted by atomic mass is 9.91. The number of hydrogen-bond acceptors (Lipinski definition) is 5. The van der Waals surface area contributed by atoms with Crippen molar-refractivity contribution in [2.75, 3.05) is 57.4 Å². The van der Waals surface area contributed by atoms with E-state index < -0.39 is 0 Å². The van der Waals surface area contributed by atoms with E-state index in [1.165, 1.54) is 25.0 Å². The summed E-state index contributed by atoms with van der Waals surface area (Å²) in [4.78, 5) is 15.3. The number of nitrogens with zero attached hydrogens (tertiary/aromatic N) is 1. The van der Waals surface area contributed by atoms with Crippen LogP contribution in [0.2, 0.25) is 0 Å². The zero-order valence-corrected chi connectivity index (χ0v) is 17.2. The average molecular weight is 412 g/mol. The quantitative estimate of drug-likeness (QED) is 0.734. The van der Waals surface area contributed by atoms with Crippen LogP contribution in [0.25, 0.3) is 0 Å². The highest BCUT2D eigenvalue weighted by Crippen LogP contribution is 2.58. The molecule has 2 atom stereocenters. The van der Waals surface area contributed by atoms with E-state index in [2.05, 4.69) is 15.5 Å². The zero-order chi connectivity index (χ0) is 15.8. The maximum Gasteiger partial charge on any atom is 0.223 e. The van der Waals surface area contributed by atoms with Gasteiger partial charge in [0.05, 0.1) is 13.2 Å². The molecule has 0 aromatic rings. The van der Waals surface area contributed by atoms with Crippen molar-refractivity contribution < 1.29 is 9.53 Å². The molecule has 1 aliphatic carbocycles. The minimum Gasteiger partial charge on any atom is -0.379 e. The van der Waals surface area contributed by atoms with Crippen LogP contribution >= 0.6 is 36.6 Å². The lowest BCUT2D eigenvalue weighted by molar-refractivity contribution is -0.124. The fourth-order valence-electron chi connectivity index (χ4n) is 4.71. The Bertz CT molecular complexity index is 451. The van der Waals surface area contributed by atoms with Gasteiger partial charge in [-0.3, -0.25) is 9.69 Å². The second-order valence-corrected chi connectivity index (χ2v) is 8.82. The van der Waals surface area contributed by atoms with Crippen molar-refractivity contribution in [3.05, 3.63) is 0 Å². The summed E-state index contributed by atoms with van der Waals surface area (Å²) in [6.07, 6.45) is 4.66. The van der Waals surface area contributed by atoms with Crippen LogP contribution in [0.5, 0.6) is 0 Å². The lowest BCUT2D eigenvalue weighted by Crippen LogP contribution is -2.59. The fourth-order valence-corrected chi connectivity index (χ4v) is 6.18. The highest BCUT2D eigenvalue weighted by molar-refractivity contribution is 7.99. The second kappa shape index (κ2) is 8.98. The van der Waals surface area contributed by atoms with Gasteiger partial charge in [-0.2, -0.15) is 11.8 Å². The normalized spacial score (nSPS) is 34.0. The van der Waals surface area contributed by atoms with Gasteiger partial charge in [0.1, 0.15) is 0 Å². The molecule has 146 valence electrons. The predicted octanol–water partition coefficient (Wildman–Crippen LogP) is 1.54. The number of nitrogens with one attached hydrogen (secondary N) is 2. The minimum absolute atomic E-state index is 0. The number of halogens is 2. The van der Waals surface area contributed by atoms with E-state index in [-0.39, 0.29) is 36.3 Å². The second-order valence-electron chi connectivity index (χ2n) is 7.71. The summed E-state index contributed by atoms with van der Waals surface area (Å²) >= 11 is 2.03. The van der Waals surface area contributed by atoms with Crippen LogP contribution in [-0.2, 0) is 9.53 Å². The van der Waals surface area contributed by atoms with E-state index in [4.69, 9.17) is 4.74 Å². The van der Waals surface area contributed by atoms with Crippen LogP contribution in [0.1, 0.15) is 25.7 Å². The molecule has 4 aliphatic rings. The number of ether oxygens (including phenoxy) is 1. The monoisotopic (exact) mass is 411 g/mol. The molecule has 4 rings (SSSR count). The average Bonchev–Trinajstić information content (AvgIpc) is 3.08. The van der Waals surface area contributed by atoms with Gasteiger partial charge in [0.25, 0.3) is 0 Å². The SMILES string of the molecule is Cl.Cl.O=C(NCC1(N2CCOCC2)CCSC1)C1CC12CCNCC2. The van der Waals surface area contributed by atoms with Crippen LogP contribution in [-0.4, -0.2) is 73.8 Å². The van der Waals surface area contributed by atoms with Crippen molar-refractivity contribution in [2.24, 2.45) is 11.3 Å². The Morgan fingerprint density at radius 3 is 2.56 bits per heavy atom. The number of carbonyl (C=O) groups is 1. The Hall–Kier alpha value is 0.280. The highest BCUT2D eigenvalue weighted by atomic mass is 35.5. The first-order valence-corrected chi connectivity index (χ1v) is 10.3. The van der Waals surface area contributed by atoms with Crippen molar-refractivity contribution in [1.29, 1.82) is 0 Å². The maximum absolute atomic E-state index is 12.7. The summed E-state index contributed by atoms with van der Waals surface area (Å²) in [5.74, 6) is 2.95. The molecule has 0 bridgehead atoms. The first-order chi connectivity index (χ1) is 11.2. The molecule has 3 heterocycles. The number of amides is 1. The van der Waals surface area contributed by atoms with Crippen molar-refractivity contribution in [1.82, 2.24) is 15.5 Å². The molecule has 5 nitrogen and oxygen atoms in total. The molecule has 0 radical (unpaired) electrons. The third kappa shape index (κ3) is 4.41. The van der Waals surface area contributed by atoms with E-state index in [9.17, 15) is 4.79 Å². The summed E-state index contributed by atoms with van der Waals surface area (Å²) in [5.41, 5.74) is 0.506. The summed E-state index contributed by atoms with van der Waals surface area (Å²) in [7, 11) is 0. The molecule has 2 unspecified atom stereocenters. The van der Waals surface area contributed by atoms with Gasteiger partial charge in [-0.1, -0.05) is 0 Å². The molecular weight excluding hydrogens is 381 g/mol. The number of hydrogen-bond donors (Lipinski definition) is 2. The highest BCUT2D eigenvalue weighted by Gasteiger charge is 2.57. The van der Waals surface area contributed by atoms with Gasteiger partial charge < -0.3 is 15.4 Å². The number of morpholine rings is 1. The van der Waals surface area contributed by atoms with Crippen LogP contribution in [0.15, 0.2) is 0 Å². The van der Waals surface area contributed by atoms with Gasteiger partial charge in [-0.15, -0.1) is 24.8 Å². The number of rotatable bonds is 4. The topological polar surface area (TPSA) is 53.6 Å². The zero-order valence-electron chi connectivity index (χ0n) is 14.8. The molecule has 0 aromatic heterocycles. The number of thioether (sulfide) groups is 1. The Morgan fingerprint density at radius 2 is 1.92 bits per heavy atom. The van der Waals surface area contributed by atoms with E-state index in [1.807, 2.05) is 11.8 Å². The first-order valence-electron chi connectivity index (χ1n) is 9.13. The molecule has 2 N–H and O–H groups in total. The molecule has 3 saturated heterocycles. The molecule has 1 amide bonds. The number of carbonyl (C=O) groups excluding carboxylic acids is 1. The minimum atomic E-state index is 0. The maximum atomic E-state index is 12.7. The van der Waals surface area contributed by atoms with Crippen molar-refractivity contribution in [2.45, 2.75) is 31.2 Å². The molecule has 8 heteroatoms. The molecule has 1 spiro atoms. The summed E-state index contributed by atoms with van der Waals surface area (Å²) < 4.78 is 5.51. The standard InChI is InChI=1S/C17H29N3O2S.2ClH/c21-15(14-11-16(14)1-4-18-5-2-16)19-12-17(3-10-23-13-17)20-6-8-22-9-7-20;;/h14,18H,1-13H2,(H,19,21);2*1H. The Morgan fingerprint density at radius 1 is 1.20 bits per heavy atom. The van der Waals surface area contributed by atoms with Crippen LogP contribution < -0.4 is 10.6 Å². The number of piperidine rings is 1. The molecule has 0 aromatic carbocycles. The third-order valence-corrected chi connectivity index (χ3v) is 7.70. The molecular formula is C17H31Cl2N3O2S. The van der Waals surface area contributed by atoms with Crippen LogP contribution in [0, 0.1) is 11.3 Å². The van der Waals surface area contributed by atoms with E-state index in [0.29, 0.717) is 11.3 Å². The van der Waals surface area contributed by atoms with Gasteiger partial charge in [0.15, 0.2) is 0 Å². The Kier molecular flexibility index (Phi) is 7.75. The first kappa shape index (κ1) is 21.6. The van der Waals surface area contributed by atoms with Crippen LogP contribution in [0.3, 0.4) is 0 Å². The van der Waals surface area contributed by atoms with Crippen LogP contribution in [0.4, 0.5) is 0 Å².